The van der Waals surface area contributed by atoms with Crippen molar-refractivity contribution in [1.29, 1.82) is 0 Å². The molecule has 1 aromatic heterocycles. The molecule has 0 aliphatic carbocycles. The number of aromatic nitrogens is 2. The molecule has 0 fully saturated rings. The number of benzene rings is 1. The van der Waals surface area contributed by atoms with E-state index in [1.54, 1.807) is 4.57 Å². The van der Waals surface area contributed by atoms with Crippen LogP contribution >= 0.6 is 11.8 Å². The minimum Gasteiger partial charge on any atom is -0.246 e. The van der Waals surface area contributed by atoms with Crippen LogP contribution in [0.1, 0.15) is 5.82 Å². The zero-order valence-electron chi connectivity index (χ0n) is 7.14. The normalized spacial score (nSPS) is 15.2. The lowest BCUT2D eigenvalue weighted by molar-refractivity contribution is 0.233. The van der Waals surface area contributed by atoms with Gasteiger partial charge >= 0.3 is 6.03 Å². The Hall–Kier alpha value is -1.55. The molecule has 1 aliphatic rings. The first-order valence-electron chi connectivity index (χ1n) is 4.21. The van der Waals surface area contributed by atoms with Crippen molar-refractivity contribution in [1.82, 2.24) is 14.0 Å². The molecule has 0 saturated heterocycles. The van der Waals surface area contributed by atoms with E-state index in [0.29, 0.717) is 12.4 Å². The number of carbonyl (C=O) groups excluding carboxylic acids is 1. The van der Waals surface area contributed by atoms with E-state index in [4.69, 9.17) is 11.8 Å². The Bertz CT molecular complexity index is 534. The van der Waals surface area contributed by atoms with Crippen LogP contribution in [0.3, 0.4) is 0 Å². The first-order chi connectivity index (χ1) is 6.77. The number of amides is 1. The quantitative estimate of drug-likeness (QED) is 0.620. The standard InChI is InChI=1S/C9H6ClN3O/c10-12-5-8-11-6-3-1-2-4-7(6)13(8)9(12)14/h1-4H,5H2. The SMILES string of the molecule is O=C1N(Cl)Cc2nc3ccccc3n21. The van der Waals surface area contributed by atoms with Gasteiger partial charge in [0.25, 0.3) is 0 Å². The van der Waals surface area contributed by atoms with Crippen molar-refractivity contribution in [3.63, 3.8) is 0 Å². The highest BCUT2D eigenvalue weighted by atomic mass is 35.5. The Morgan fingerprint density at radius 1 is 1.36 bits per heavy atom. The van der Waals surface area contributed by atoms with Gasteiger partial charge in [-0.05, 0) is 12.1 Å². The van der Waals surface area contributed by atoms with Crippen LogP contribution in [0.25, 0.3) is 11.0 Å². The smallest absolute Gasteiger partial charge is 0.246 e. The van der Waals surface area contributed by atoms with Crippen molar-refractivity contribution in [2.75, 3.05) is 0 Å². The summed E-state index contributed by atoms with van der Waals surface area (Å²) in [5.74, 6) is 0.700. The van der Waals surface area contributed by atoms with E-state index in [1.165, 1.54) is 0 Å². The molecule has 1 amide bonds. The molecule has 0 unspecified atom stereocenters. The van der Waals surface area contributed by atoms with E-state index in [0.717, 1.165) is 15.5 Å². The molecule has 70 valence electrons. The van der Waals surface area contributed by atoms with Crippen molar-refractivity contribution >= 4 is 28.8 Å². The van der Waals surface area contributed by atoms with Crippen LogP contribution in [0.5, 0.6) is 0 Å². The minimum atomic E-state index is -0.227. The summed E-state index contributed by atoms with van der Waals surface area (Å²) in [6.07, 6.45) is 0. The summed E-state index contributed by atoms with van der Waals surface area (Å²) >= 11 is 5.69. The van der Waals surface area contributed by atoms with E-state index in [-0.39, 0.29) is 6.03 Å². The zero-order chi connectivity index (χ0) is 9.71. The molecule has 0 N–H and O–H groups in total. The van der Waals surface area contributed by atoms with E-state index < -0.39 is 0 Å². The molecule has 1 aliphatic heterocycles. The molecular formula is C9H6ClN3O. The summed E-state index contributed by atoms with van der Waals surface area (Å²) in [5, 5.41) is 0. The van der Waals surface area contributed by atoms with Gasteiger partial charge in [-0.15, -0.1) is 0 Å². The summed E-state index contributed by atoms with van der Waals surface area (Å²) in [6, 6.07) is 7.29. The molecule has 2 aromatic rings. The number of carbonyl (C=O) groups is 1. The molecule has 0 saturated carbocycles. The Balaban J connectivity index is 2.38. The van der Waals surface area contributed by atoms with Crippen LogP contribution in [0.4, 0.5) is 4.79 Å². The van der Waals surface area contributed by atoms with Gasteiger partial charge in [0.1, 0.15) is 5.82 Å². The number of nitrogens with zero attached hydrogens (tertiary/aromatic N) is 3. The fourth-order valence-corrected chi connectivity index (χ4v) is 1.88. The van der Waals surface area contributed by atoms with Gasteiger partial charge in [-0.25, -0.2) is 18.8 Å². The summed E-state index contributed by atoms with van der Waals surface area (Å²) in [7, 11) is 0. The molecule has 1 aromatic carbocycles. The molecule has 0 spiro atoms. The lowest BCUT2D eigenvalue weighted by Gasteiger charge is -2.01. The highest BCUT2D eigenvalue weighted by Crippen LogP contribution is 2.24. The van der Waals surface area contributed by atoms with E-state index in [9.17, 15) is 4.79 Å². The third-order valence-corrected chi connectivity index (χ3v) is 2.57. The number of para-hydroxylation sites is 2. The average molecular weight is 208 g/mol. The van der Waals surface area contributed by atoms with Gasteiger partial charge in [0.05, 0.1) is 17.6 Å². The molecule has 0 atom stereocenters. The lowest BCUT2D eigenvalue weighted by Crippen LogP contribution is -2.15. The molecule has 5 heteroatoms. The van der Waals surface area contributed by atoms with Crippen LogP contribution < -0.4 is 0 Å². The monoisotopic (exact) mass is 207 g/mol. The summed E-state index contributed by atoms with van der Waals surface area (Å²) in [4.78, 5) is 15.9. The largest absolute Gasteiger partial charge is 0.345 e. The van der Waals surface area contributed by atoms with Crippen LogP contribution in [-0.4, -0.2) is 20.0 Å². The highest BCUT2D eigenvalue weighted by Gasteiger charge is 2.29. The Kier molecular flexibility index (Phi) is 1.39. The predicted molar refractivity (Wildman–Crippen MR) is 51.9 cm³/mol. The molecule has 0 bridgehead atoms. The second kappa shape index (κ2) is 2.48. The Morgan fingerprint density at radius 2 is 2.14 bits per heavy atom. The maximum atomic E-state index is 11.6. The molecule has 2 heterocycles. The van der Waals surface area contributed by atoms with Crippen molar-refractivity contribution in [3.8, 4) is 0 Å². The number of imidazole rings is 1. The number of rotatable bonds is 0. The van der Waals surface area contributed by atoms with Crippen molar-refractivity contribution < 1.29 is 4.79 Å². The molecule has 0 radical (unpaired) electrons. The van der Waals surface area contributed by atoms with Crippen LogP contribution in [0.15, 0.2) is 24.3 Å². The molecular weight excluding hydrogens is 202 g/mol. The van der Waals surface area contributed by atoms with Gasteiger partial charge in [0.15, 0.2) is 0 Å². The van der Waals surface area contributed by atoms with Gasteiger partial charge in [0.2, 0.25) is 0 Å². The van der Waals surface area contributed by atoms with Crippen LogP contribution in [0.2, 0.25) is 0 Å². The van der Waals surface area contributed by atoms with Gasteiger partial charge in [-0.3, -0.25) is 0 Å². The second-order valence-corrected chi connectivity index (χ2v) is 3.56. The average Bonchev–Trinajstić information content (AvgIpc) is 2.65. The van der Waals surface area contributed by atoms with E-state index >= 15 is 0 Å². The number of halogens is 1. The third-order valence-electron chi connectivity index (χ3n) is 2.31. The molecule has 4 nitrogen and oxygen atoms in total. The number of fused-ring (bicyclic) bond motifs is 3. The number of hydrogen-bond donors (Lipinski definition) is 0. The zero-order valence-corrected chi connectivity index (χ0v) is 7.90. The van der Waals surface area contributed by atoms with Gasteiger partial charge in [-0.1, -0.05) is 12.1 Å². The van der Waals surface area contributed by atoms with E-state index in [2.05, 4.69) is 4.98 Å². The van der Waals surface area contributed by atoms with Crippen LogP contribution in [-0.2, 0) is 6.54 Å². The van der Waals surface area contributed by atoms with E-state index in [1.807, 2.05) is 24.3 Å². The highest BCUT2D eigenvalue weighted by molar-refractivity contribution is 6.22. The van der Waals surface area contributed by atoms with Crippen molar-refractivity contribution in [2.24, 2.45) is 0 Å². The Labute approximate surface area is 84.8 Å². The summed E-state index contributed by atoms with van der Waals surface area (Å²) in [5.41, 5.74) is 1.65. The maximum absolute atomic E-state index is 11.6. The van der Waals surface area contributed by atoms with Gasteiger partial charge in [0, 0.05) is 11.8 Å². The minimum absolute atomic E-state index is 0.227. The van der Waals surface area contributed by atoms with Gasteiger partial charge < -0.3 is 0 Å². The Morgan fingerprint density at radius 3 is 3.00 bits per heavy atom. The van der Waals surface area contributed by atoms with Crippen LogP contribution in [0, 0.1) is 0 Å². The summed E-state index contributed by atoms with van der Waals surface area (Å²) in [6.45, 7) is 0.370. The van der Waals surface area contributed by atoms with Gasteiger partial charge in [-0.2, -0.15) is 0 Å². The first-order valence-corrected chi connectivity index (χ1v) is 4.55. The summed E-state index contributed by atoms with van der Waals surface area (Å²) < 4.78 is 2.68. The van der Waals surface area contributed by atoms with Crippen molar-refractivity contribution in [3.05, 3.63) is 30.1 Å². The maximum Gasteiger partial charge on any atom is 0.345 e. The topological polar surface area (TPSA) is 38.1 Å². The molecule has 3 rings (SSSR count). The fraction of sp³-hybridized carbons (Fsp3) is 0.111. The molecule has 14 heavy (non-hydrogen) atoms. The lowest BCUT2D eigenvalue weighted by atomic mass is 10.3. The second-order valence-electron chi connectivity index (χ2n) is 3.15. The first kappa shape index (κ1) is 7.82. The third kappa shape index (κ3) is 0.834. The predicted octanol–water partition coefficient (Wildman–Crippen LogP) is 1.97. The fourth-order valence-electron chi connectivity index (χ4n) is 1.70. The van der Waals surface area contributed by atoms with Crippen molar-refractivity contribution in [2.45, 2.75) is 6.54 Å². The number of hydrogen-bond acceptors (Lipinski definition) is 2.